The van der Waals surface area contributed by atoms with Crippen LogP contribution in [0, 0.1) is 5.92 Å². The van der Waals surface area contributed by atoms with Gasteiger partial charge in [0, 0.05) is 49.9 Å². The lowest BCUT2D eigenvalue weighted by molar-refractivity contribution is -0.138. The van der Waals surface area contributed by atoms with Gasteiger partial charge in [-0.05, 0) is 73.3 Å². The molecule has 5 rings (SSSR count). The second kappa shape index (κ2) is 11.2. The number of methoxy groups -OCH3 is 2. The summed E-state index contributed by atoms with van der Waals surface area (Å²) in [4.78, 5) is 34.6. The highest BCUT2D eigenvalue weighted by Crippen LogP contribution is 2.34. The van der Waals surface area contributed by atoms with Crippen molar-refractivity contribution in [2.24, 2.45) is 5.92 Å². The molecule has 3 aromatic rings. The number of aromatic nitrogens is 1. The van der Waals surface area contributed by atoms with Crippen LogP contribution in [0.1, 0.15) is 30.4 Å². The summed E-state index contributed by atoms with van der Waals surface area (Å²) in [5.41, 5.74) is 4.00. The van der Waals surface area contributed by atoms with E-state index in [1.165, 1.54) is 5.56 Å². The highest BCUT2D eigenvalue weighted by Gasteiger charge is 2.31. The van der Waals surface area contributed by atoms with Gasteiger partial charge >= 0.3 is 0 Å². The molecule has 0 bridgehead atoms. The Morgan fingerprint density at radius 2 is 1.86 bits per heavy atom. The maximum absolute atomic E-state index is 13.4. The van der Waals surface area contributed by atoms with E-state index in [0.717, 1.165) is 53.7 Å². The lowest BCUT2D eigenvalue weighted by Crippen LogP contribution is -2.46. The minimum Gasteiger partial charge on any atom is -0.493 e. The van der Waals surface area contributed by atoms with E-state index in [0.29, 0.717) is 38.3 Å². The Morgan fingerprint density at radius 3 is 2.68 bits per heavy atom. The molecule has 0 spiro atoms. The zero-order valence-electron chi connectivity index (χ0n) is 21.5. The number of likely N-dealkylation sites (tertiary alicyclic amines) is 1. The second-order valence-electron chi connectivity index (χ2n) is 9.83. The topological polar surface area (TPSA) is 84.0 Å². The minimum atomic E-state index is -0.0357. The number of nitrogens with zero attached hydrogens (tertiary/aromatic N) is 3. The molecule has 3 heterocycles. The summed E-state index contributed by atoms with van der Waals surface area (Å²) in [6.07, 6.45) is 4.82. The number of nitrogens with one attached hydrogen (secondary N) is 1. The number of pyridine rings is 1. The molecular formula is C29H34N4O4. The zero-order valence-corrected chi connectivity index (χ0v) is 21.5. The standard InChI is InChI=1S/C29H34N4O4/c1-36-26-16-20-9-14-33(19-23(20)17-27(26)37-2)29(35)22-6-4-12-32(18-22)13-10-28(34)31-24-7-8-25-21(15-24)5-3-11-30-25/h3,5,7-8,11,15-17,22H,4,6,9-10,12-14,18-19H2,1-2H3,(H,31,34). The van der Waals surface area contributed by atoms with E-state index in [2.05, 4.69) is 15.2 Å². The number of rotatable bonds is 7. The van der Waals surface area contributed by atoms with Crippen molar-refractivity contribution in [2.45, 2.75) is 32.2 Å². The van der Waals surface area contributed by atoms with Crippen molar-refractivity contribution < 1.29 is 19.1 Å². The fraction of sp³-hybridized carbons (Fsp3) is 0.414. The van der Waals surface area contributed by atoms with Gasteiger partial charge in [-0.1, -0.05) is 6.07 Å². The normalized spacial score (nSPS) is 17.8. The average Bonchev–Trinajstić information content (AvgIpc) is 2.94. The lowest BCUT2D eigenvalue weighted by Gasteiger charge is -2.36. The molecule has 1 saturated heterocycles. The van der Waals surface area contributed by atoms with Crippen molar-refractivity contribution in [3.63, 3.8) is 0 Å². The Labute approximate surface area is 217 Å². The quantitative estimate of drug-likeness (QED) is 0.528. The Hall–Kier alpha value is -3.65. The highest BCUT2D eigenvalue weighted by molar-refractivity contribution is 5.93. The number of amides is 2. The number of ether oxygens (including phenoxy) is 2. The third kappa shape index (κ3) is 5.69. The number of piperidine rings is 1. The molecule has 0 saturated carbocycles. The minimum absolute atomic E-state index is 0.0197. The number of hydrogen-bond acceptors (Lipinski definition) is 6. The molecule has 1 fully saturated rings. The SMILES string of the molecule is COc1cc2c(cc1OC)CN(C(=O)C1CCCN(CCC(=O)Nc3ccc4ncccc4c3)C1)CC2. The van der Waals surface area contributed by atoms with Gasteiger partial charge in [0.25, 0.3) is 0 Å². The van der Waals surface area contributed by atoms with Crippen molar-refractivity contribution >= 4 is 28.4 Å². The van der Waals surface area contributed by atoms with Crippen molar-refractivity contribution in [2.75, 3.05) is 45.7 Å². The van der Waals surface area contributed by atoms with Gasteiger partial charge in [0.05, 0.1) is 25.7 Å². The van der Waals surface area contributed by atoms with Crippen LogP contribution in [-0.2, 0) is 22.6 Å². The van der Waals surface area contributed by atoms with E-state index in [9.17, 15) is 9.59 Å². The van der Waals surface area contributed by atoms with Gasteiger partial charge in [-0.3, -0.25) is 14.6 Å². The van der Waals surface area contributed by atoms with Crippen molar-refractivity contribution in [1.82, 2.24) is 14.8 Å². The Morgan fingerprint density at radius 1 is 1.05 bits per heavy atom. The third-order valence-electron chi connectivity index (χ3n) is 7.43. The van der Waals surface area contributed by atoms with Gasteiger partial charge in [-0.15, -0.1) is 0 Å². The predicted molar refractivity (Wildman–Crippen MR) is 143 cm³/mol. The van der Waals surface area contributed by atoms with Crippen LogP contribution in [0.4, 0.5) is 5.69 Å². The number of fused-ring (bicyclic) bond motifs is 2. The third-order valence-corrected chi connectivity index (χ3v) is 7.43. The van der Waals surface area contributed by atoms with Gasteiger partial charge in [0.1, 0.15) is 0 Å². The molecule has 2 aliphatic heterocycles. The molecule has 194 valence electrons. The molecule has 1 N–H and O–H groups in total. The smallest absolute Gasteiger partial charge is 0.227 e. The van der Waals surface area contributed by atoms with Crippen LogP contribution in [0.25, 0.3) is 10.9 Å². The molecule has 1 atom stereocenters. The zero-order chi connectivity index (χ0) is 25.8. The Kier molecular flexibility index (Phi) is 7.55. The predicted octanol–water partition coefficient (Wildman–Crippen LogP) is 3.88. The number of anilines is 1. The van der Waals surface area contributed by atoms with Crippen LogP contribution in [0.3, 0.4) is 0 Å². The van der Waals surface area contributed by atoms with Crippen LogP contribution in [0.5, 0.6) is 11.5 Å². The first-order chi connectivity index (χ1) is 18.0. The van der Waals surface area contributed by atoms with Crippen molar-refractivity contribution in [3.05, 3.63) is 59.8 Å². The van der Waals surface area contributed by atoms with E-state index >= 15 is 0 Å². The molecule has 1 unspecified atom stereocenters. The number of carbonyl (C=O) groups is 2. The van der Waals surface area contributed by atoms with E-state index in [4.69, 9.17) is 9.47 Å². The first kappa shape index (κ1) is 25.0. The Balaban J connectivity index is 1.14. The molecule has 2 aromatic carbocycles. The van der Waals surface area contributed by atoms with E-state index in [1.54, 1.807) is 20.4 Å². The summed E-state index contributed by atoms with van der Waals surface area (Å²) in [6, 6.07) is 13.6. The Bertz CT molecular complexity index is 1290. The molecular weight excluding hydrogens is 468 g/mol. The van der Waals surface area contributed by atoms with Crippen LogP contribution in [0.2, 0.25) is 0 Å². The summed E-state index contributed by atoms with van der Waals surface area (Å²) < 4.78 is 10.9. The van der Waals surface area contributed by atoms with Gasteiger partial charge in [0.15, 0.2) is 11.5 Å². The summed E-state index contributed by atoms with van der Waals surface area (Å²) >= 11 is 0. The first-order valence-corrected chi connectivity index (χ1v) is 12.9. The maximum Gasteiger partial charge on any atom is 0.227 e. The summed E-state index contributed by atoms with van der Waals surface area (Å²) in [6.45, 7) is 3.56. The molecule has 37 heavy (non-hydrogen) atoms. The second-order valence-corrected chi connectivity index (χ2v) is 9.83. The molecule has 2 amide bonds. The van der Waals surface area contributed by atoms with Gasteiger partial charge < -0.3 is 24.6 Å². The average molecular weight is 503 g/mol. The monoisotopic (exact) mass is 502 g/mol. The molecule has 1 aromatic heterocycles. The first-order valence-electron chi connectivity index (χ1n) is 12.9. The summed E-state index contributed by atoms with van der Waals surface area (Å²) in [5, 5.41) is 3.99. The van der Waals surface area contributed by atoms with Crippen LogP contribution < -0.4 is 14.8 Å². The highest BCUT2D eigenvalue weighted by atomic mass is 16.5. The number of carbonyl (C=O) groups excluding carboxylic acids is 2. The fourth-order valence-electron chi connectivity index (χ4n) is 5.43. The molecule has 8 nitrogen and oxygen atoms in total. The largest absolute Gasteiger partial charge is 0.493 e. The molecule has 2 aliphatic rings. The van der Waals surface area contributed by atoms with Crippen LogP contribution in [-0.4, -0.2) is 67.0 Å². The fourth-order valence-corrected chi connectivity index (χ4v) is 5.43. The molecule has 0 radical (unpaired) electrons. The van der Waals surface area contributed by atoms with E-state index < -0.39 is 0 Å². The van der Waals surface area contributed by atoms with Gasteiger partial charge in [0.2, 0.25) is 11.8 Å². The maximum atomic E-state index is 13.4. The molecule has 0 aliphatic carbocycles. The lowest BCUT2D eigenvalue weighted by atomic mass is 9.93. The van der Waals surface area contributed by atoms with Gasteiger partial charge in [-0.25, -0.2) is 0 Å². The van der Waals surface area contributed by atoms with Crippen LogP contribution >= 0.6 is 0 Å². The number of hydrogen-bond donors (Lipinski definition) is 1. The van der Waals surface area contributed by atoms with Crippen LogP contribution in [0.15, 0.2) is 48.7 Å². The summed E-state index contributed by atoms with van der Waals surface area (Å²) in [5.74, 6) is 1.57. The van der Waals surface area contributed by atoms with Gasteiger partial charge in [-0.2, -0.15) is 0 Å². The molecule has 8 heteroatoms. The van der Waals surface area contributed by atoms with Crippen molar-refractivity contribution in [1.29, 1.82) is 0 Å². The van der Waals surface area contributed by atoms with E-state index in [-0.39, 0.29) is 17.7 Å². The number of benzene rings is 2. The summed E-state index contributed by atoms with van der Waals surface area (Å²) in [7, 11) is 3.27. The van der Waals surface area contributed by atoms with E-state index in [1.807, 2.05) is 47.4 Å². The van der Waals surface area contributed by atoms with Crippen molar-refractivity contribution in [3.8, 4) is 11.5 Å².